The molecule has 6 nitrogen and oxygen atoms in total. The van der Waals surface area contributed by atoms with Crippen LogP contribution in [0, 0.1) is 0 Å². The Morgan fingerprint density at radius 3 is 0.800 bits per heavy atom. The molecule has 0 aromatic carbocycles. The molecule has 0 unspecified atom stereocenters. The Morgan fingerprint density at radius 1 is 0.800 bits per heavy atom. The van der Waals surface area contributed by atoms with Crippen LogP contribution in [0.1, 0.15) is 0 Å². The molecule has 0 amide bonds. The molecular formula is H2CaO6P2S. The van der Waals surface area contributed by atoms with E-state index in [1.54, 1.807) is 0 Å². The van der Waals surface area contributed by atoms with Gasteiger partial charge in [-0.15, -0.1) is 0 Å². The van der Waals surface area contributed by atoms with E-state index in [-0.39, 0.29) is 51.2 Å². The summed E-state index contributed by atoms with van der Waals surface area (Å²) in [5, 5.41) is 0. The van der Waals surface area contributed by atoms with E-state index in [0.717, 1.165) is 0 Å². The summed E-state index contributed by atoms with van der Waals surface area (Å²) in [6.45, 7) is 0. The topological polar surface area (TPSA) is 126 Å². The van der Waals surface area contributed by atoms with Gasteiger partial charge in [0.05, 0.1) is 0 Å². The van der Waals surface area contributed by atoms with Crippen LogP contribution in [0.2, 0.25) is 0 Å². The maximum Gasteiger partial charge on any atom is 2.00 e. The molecule has 0 saturated carbocycles. The number of hydrogen-bond donors (Lipinski definition) is 0. The van der Waals surface area contributed by atoms with Crippen molar-refractivity contribution in [3.63, 3.8) is 0 Å². The Labute approximate surface area is 95.6 Å². The molecule has 0 aromatic heterocycles. The molecule has 0 aliphatic carbocycles. The average molecular weight is 232 g/mol. The third kappa shape index (κ3) is 216. The van der Waals surface area contributed by atoms with Gasteiger partial charge in [0.15, 0.2) is 0 Å². The molecule has 10 heavy (non-hydrogen) atoms. The normalized spacial score (nSPS) is 7.00. The maximum atomic E-state index is 8.52. The van der Waals surface area contributed by atoms with Crippen LogP contribution in [0.15, 0.2) is 0 Å². The van der Waals surface area contributed by atoms with Gasteiger partial charge in [0.25, 0.3) is 0 Å². The molecule has 0 fully saturated rings. The Hall–Kier alpha value is 1.91. The second kappa shape index (κ2) is 17.1. The molecule has 0 spiro atoms. The first kappa shape index (κ1) is 22.7. The van der Waals surface area contributed by atoms with E-state index < -0.39 is 16.5 Å². The summed E-state index contributed by atoms with van der Waals surface area (Å²) in [4.78, 5) is 34.1. The van der Waals surface area contributed by atoms with Crippen molar-refractivity contribution < 1.29 is 28.7 Å². The molecule has 10 heteroatoms. The molecule has 0 atom stereocenters. The van der Waals surface area contributed by atoms with Crippen LogP contribution < -0.4 is 19.6 Å². The molecule has 56 valence electrons. The number of rotatable bonds is 0. The van der Waals surface area contributed by atoms with Crippen molar-refractivity contribution in [1.29, 1.82) is 0 Å². The monoisotopic (exact) mass is 232 g/mol. The summed E-state index contributed by atoms with van der Waals surface area (Å²) in [5.74, 6) is 0. The van der Waals surface area contributed by atoms with E-state index in [1.807, 2.05) is 0 Å². The van der Waals surface area contributed by atoms with E-state index in [9.17, 15) is 0 Å². The van der Waals surface area contributed by atoms with Crippen LogP contribution in [0.3, 0.4) is 0 Å². The third-order valence-electron chi connectivity index (χ3n) is 0. The summed E-state index contributed by atoms with van der Waals surface area (Å²) in [5.41, 5.74) is 0. The van der Waals surface area contributed by atoms with E-state index >= 15 is 0 Å². The molecule has 0 saturated heterocycles. The molecule has 4 radical (unpaired) electrons. The Bertz CT molecular complexity index is 73.7. The standard InChI is InChI=1S/Ca.2H3O3P.S/c;2*1-4(2)3;/h;2*4H,(H2,1,2,3);/q+2;;;+2/p-4. The fraction of sp³-hybridized carbons (Fsp3) is 0. The van der Waals surface area contributed by atoms with Gasteiger partial charge in [0, 0.05) is 0 Å². The molecule has 0 N–H and O–H groups in total. The minimum atomic E-state index is -3.63. The average Bonchev–Trinajstić information content (AvgIpc) is 1.25. The second-order valence-electron chi connectivity index (χ2n) is 0.500. The smallest absolute Gasteiger partial charge is 0.813 e. The Kier molecular flexibility index (Phi) is 38.8. The van der Waals surface area contributed by atoms with E-state index in [1.165, 1.54) is 0 Å². The fourth-order valence-corrected chi connectivity index (χ4v) is 0. The first-order valence-corrected chi connectivity index (χ1v) is 3.67. The van der Waals surface area contributed by atoms with Crippen molar-refractivity contribution in [2.24, 2.45) is 0 Å². The van der Waals surface area contributed by atoms with Gasteiger partial charge < -0.3 is 28.7 Å². The van der Waals surface area contributed by atoms with Crippen molar-refractivity contribution in [3.05, 3.63) is 0 Å². The molecule has 0 rings (SSSR count). The molecule has 0 heterocycles. The van der Waals surface area contributed by atoms with Gasteiger partial charge in [-0.2, -0.15) is 0 Å². The van der Waals surface area contributed by atoms with Gasteiger partial charge >= 0.3 is 51.2 Å². The van der Waals surface area contributed by atoms with Crippen molar-refractivity contribution >= 4 is 67.7 Å². The van der Waals surface area contributed by atoms with Gasteiger partial charge in [-0.1, -0.05) is 16.5 Å². The zero-order valence-corrected chi connectivity index (χ0v) is 9.59. The molecule has 0 aliphatic heterocycles. The van der Waals surface area contributed by atoms with Crippen molar-refractivity contribution in [2.75, 3.05) is 0 Å². The molecule has 0 aliphatic rings. The maximum absolute atomic E-state index is 8.52. The van der Waals surface area contributed by atoms with Gasteiger partial charge in [0.1, 0.15) is 0 Å². The third-order valence-corrected chi connectivity index (χ3v) is 0. The fourth-order valence-electron chi connectivity index (χ4n) is 0. The quantitative estimate of drug-likeness (QED) is 0.308. The zero-order chi connectivity index (χ0) is 7.15. The van der Waals surface area contributed by atoms with Crippen LogP contribution in [0.5, 0.6) is 0 Å². The van der Waals surface area contributed by atoms with Crippen LogP contribution in [0.4, 0.5) is 0 Å². The first-order valence-electron chi connectivity index (χ1n) is 1.22. The molecule has 0 bridgehead atoms. The summed E-state index contributed by atoms with van der Waals surface area (Å²) >= 11 is 0. The number of hydrogen-bond acceptors (Lipinski definition) is 6. The predicted molar refractivity (Wildman–Crippen MR) is 31.1 cm³/mol. The predicted octanol–water partition coefficient (Wildman–Crippen LogP) is -4.19. The zero-order valence-electron chi connectivity index (χ0n) is 4.56. The summed E-state index contributed by atoms with van der Waals surface area (Å²) in [7, 11) is -7.26. The van der Waals surface area contributed by atoms with E-state index in [2.05, 4.69) is 0 Å². The summed E-state index contributed by atoms with van der Waals surface area (Å²) in [6, 6.07) is 0. The Balaban J connectivity index is -0.0000000300. The van der Waals surface area contributed by atoms with Crippen LogP contribution in [-0.2, 0) is 22.6 Å². The van der Waals surface area contributed by atoms with Crippen LogP contribution in [0.25, 0.3) is 0 Å². The molecular weight excluding hydrogens is 230 g/mol. The minimum Gasteiger partial charge on any atom is -0.813 e. The van der Waals surface area contributed by atoms with Crippen molar-refractivity contribution in [2.45, 2.75) is 0 Å². The van der Waals surface area contributed by atoms with E-state index in [0.29, 0.717) is 0 Å². The van der Waals surface area contributed by atoms with Gasteiger partial charge in [-0.3, -0.25) is 0 Å². The van der Waals surface area contributed by atoms with Crippen molar-refractivity contribution in [1.82, 2.24) is 0 Å². The largest absolute Gasteiger partial charge is 2.00 e. The summed E-state index contributed by atoms with van der Waals surface area (Å²) in [6.07, 6.45) is 0. The molecule has 0 aromatic rings. The van der Waals surface area contributed by atoms with Crippen molar-refractivity contribution in [3.8, 4) is 0 Å². The Morgan fingerprint density at radius 2 is 0.800 bits per heavy atom. The van der Waals surface area contributed by atoms with Crippen LogP contribution >= 0.6 is 16.5 Å². The van der Waals surface area contributed by atoms with Crippen LogP contribution in [-0.4, -0.2) is 37.7 Å². The minimum absolute atomic E-state index is 0. The van der Waals surface area contributed by atoms with Gasteiger partial charge in [-0.05, 0) is 0 Å². The summed E-state index contributed by atoms with van der Waals surface area (Å²) < 4.78 is 17.0. The first-order chi connectivity index (χ1) is 3.46. The second-order valence-corrected chi connectivity index (χ2v) is 1.50. The van der Waals surface area contributed by atoms with Gasteiger partial charge in [-0.25, -0.2) is 0 Å². The van der Waals surface area contributed by atoms with E-state index in [4.69, 9.17) is 28.7 Å². The van der Waals surface area contributed by atoms with Gasteiger partial charge in [0.2, 0.25) is 0 Å². The SMILES string of the molecule is O=[PH]([O-])[O-].O=[PH]([O-])[O-].[Ca+2].[S+2].